The Balaban J connectivity index is 2.39. The van der Waals surface area contributed by atoms with Crippen molar-refractivity contribution in [1.82, 2.24) is 4.72 Å². The van der Waals surface area contributed by atoms with Crippen molar-refractivity contribution in [1.29, 1.82) is 0 Å². The maximum Gasteiger partial charge on any atom is 0.416 e. The minimum Gasteiger partial charge on any atom is -0.324 e. The van der Waals surface area contributed by atoms with E-state index in [1.165, 1.54) is 0 Å². The van der Waals surface area contributed by atoms with Gasteiger partial charge in [-0.1, -0.05) is 0 Å². The molecule has 3 N–H and O–H groups in total. The molecule has 1 saturated carbocycles. The molecule has 1 aliphatic carbocycles. The number of nitrogens with one attached hydrogen (secondary N) is 1. The van der Waals surface area contributed by atoms with Gasteiger partial charge in [0, 0.05) is 18.2 Å². The zero-order chi connectivity index (χ0) is 16.8. The van der Waals surface area contributed by atoms with E-state index < -0.39 is 42.8 Å². The molecule has 0 radical (unpaired) electrons. The summed E-state index contributed by atoms with van der Waals surface area (Å²) in [6.45, 7) is -0.131. The molecular formula is C11H12F3N3O4S. The fourth-order valence-electron chi connectivity index (χ4n) is 1.72. The molecule has 22 heavy (non-hydrogen) atoms. The van der Waals surface area contributed by atoms with Crippen molar-refractivity contribution < 1.29 is 26.5 Å². The first-order valence-electron chi connectivity index (χ1n) is 6.09. The molecule has 1 aromatic carbocycles. The minimum atomic E-state index is -4.81. The summed E-state index contributed by atoms with van der Waals surface area (Å²) < 4.78 is 63.9. The number of hydrogen-bond donors (Lipinski definition) is 2. The zero-order valence-corrected chi connectivity index (χ0v) is 11.9. The molecule has 0 amide bonds. The summed E-state index contributed by atoms with van der Waals surface area (Å²) in [5.41, 5.74) is 2.58. The Bertz CT molecular complexity index is 714. The van der Waals surface area contributed by atoms with Crippen LogP contribution in [0.4, 0.5) is 18.9 Å². The van der Waals surface area contributed by atoms with Gasteiger partial charge in [-0.25, -0.2) is 13.1 Å². The Morgan fingerprint density at radius 1 is 1.36 bits per heavy atom. The third-order valence-corrected chi connectivity index (χ3v) is 4.73. The van der Waals surface area contributed by atoms with Gasteiger partial charge in [-0.05, 0) is 25.0 Å². The number of nitrogens with two attached hydrogens (primary N) is 1. The van der Waals surface area contributed by atoms with Crippen LogP contribution in [0.15, 0.2) is 23.1 Å². The van der Waals surface area contributed by atoms with Crippen LogP contribution in [0, 0.1) is 10.1 Å². The average molecular weight is 339 g/mol. The number of nitrogens with zero attached hydrogens (tertiary/aromatic N) is 1. The zero-order valence-electron chi connectivity index (χ0n) is 11.1. The number of hydrogen-bond acceptors (Lipinski definition) is 5. The third-order valence-electron chi connectivity index (χ3n) is 3.28. The van der Waals surface area contributed by atoms with Gasteiger partial charge < -0.3 is 5.73 Å². The number of benzene rings is 1. The molecule has 0 atom stereocenters. The molecule has 1 aliphatic rings. The summed E-state index contributed by atoms with van der Waals surface area (Å²) in [5.74, 6) is 0. The van der Waals surface area contributed by atoms with Gasteiger partial charge in [0.2, 0.25) is 10.0 Å². The summed E-state index contributed by atoms with van der Waals surface area (Å²) in [4.78, 5) is 8.89. The van der Waals surface area contributed by atoms with Crippen molar-refractivity contribution in [3.63, 3.8) is 0 Å². The van der Waals surface area contributed by atoms with Crippen LogP contribution in [-0.2, 0) is 16.2 Å². The van der Waals surface area contributed by atoms with E-state index in [9.17, 15) is 31.7 Å². The van der Waals surface area contributed by atoms with Crippen LogP contribution in [-0.4, -0.2) is 25.4 Å². The Morgan fingerprint density at radius 3 is 2.41 bits per heavy atom. The van der Waals surface area contributed by atoms with Crippen molar-refractivity contribution >= 4 is 15.7 Å². The number of nitro groups is 1. The first kappa shape index (κ1) is 16.6. The quantitative estimate of drug-likeness (QED) is 0.621. The first-order valence-corrected chi connectivity index (χ1v) is 7.57. The molecule has 0 spiro atoms. The molecule has 2 rings (SSSR count). The van der Waals surface area contributed by atoms with E-state index >= 15 is 0 Å². The SMILES string of the molecule is NC1(CNS(=O)(=O)c2ccc(C(F)(F)F)cc2[N+](=O)[O-])CC1. The lowest BCUT2D eigenvalue weighted by Gasteiger charge is -2.12. The van der Waals surface area contributed by atoms with Gasteiger partial charge in [-0.3, -0.25) is 10.1 Å². The topological polar surface area (TPSA) is 115 Å². The summed E-state index contributed by atoms with van der Waals surface area (Å²) in [6.07, 6.45) is -3.61. The van der Waals surface area contributed by atoms with Crippen LogP contribution < -0.4 is 10.5 Å². The third kappa shape index (κ3) is 3.54. The van der Waals surface area contributed by atoms with E-state index in [0.717, 1.165) is 0 Å². The monoisotopic (exact) mass is 339 g/mol. The van der Waals surface area contributed by atoms with Crippen LogP contribution in [0.3, 0.4) is 0 Å². The van der Waals surface area contributed by atoms with Crippen LogP contribution in [0.1, 0.15) is 18.4 Å². The van der Waals surface area contributed by atoms with Crippen LogP contribution in [0.2, 0.25) is 0 Å². The van der Waals surface area contributed by atoms with Crippen molar-refractivity contribution in [2.24, 2.45) is 5.73 Å². The summed E-state index contributed by atoms with van der Waals surface area (Å²) in [5, 5.41) is 10.9. The van der Waals surface area contributed by atoms with Crippen molar-refractivity contribution in [2.45, 2.75) is 29.5 Å². The molecule has 7 nitrogen and oxygen atoms in total. The van der Waals surface area contributed by atoms with Gasteiger partial charge in [0.25, 0.3) is 5.69 Å². The summed E-state index contributed by atoms with van der Waals surface area (Å²) >= 11 is 0. The van der Waals surface area contributed by atoms with E-state index in [1.54, 1.807) is 0 Å². The molecule has 0 saturated heterocycles. The van der Waals surface area contributed by atoms with Crippen LogP contribution in [0.5, 0.6) is 0 Å². The smallest absolute Gasteiger partial charge is 0.324 e. The van der Waals surface area contributed by atoms with E-state index in [2.05, 4.69) is 4.72 Å². The van der Waals surface area contributed by atoms with Gasteiger partial charge in [-0.15, -0.1) is 0 Å². The van der Waals surface area contributed by atoms with Gasteiger partial charge >= 0.3 is 6.18 Å². The predicted octanol–water partition coefficient (Wildman–Crippen LogP) is 1.38. The maximum absolute atomic E-state index is 12.6. The molecule has 122 valence electrons. The molecule has 0 bridgehead atoms. The lowest BCUT2D eigenvalue weighted by molar-refractivity contribution is -0.388. The Hall–Kier alpha value is -1.72. The molecule has 0 aliphatic heterocycles. The van der Waals surface area contributed by atoms with E-state index in [-0.39, 0.29) is 12.6 Å². The van der Waals surface area contributed by atoms with Gasteiger partial charge in [0.05, 0.1) is 10.5 Å². The highest BCUT2D eigenvalue weighted by Crippen LogP contribution is 2.35. The van der Waals surface area contributed by atoms with E-state index in [1.807, 2.05) is 0 Å². The normalized spacial score (nSPS) is 17.3. The molecule has 0 aromatic heterocycles. The highest BCUT2D eigenvalue weighted by atomic mass is 32.2. The molecule has 1 aromatic rings. The standard InChI is InChI=1S/C11H12F3N3O4S/c12-11(13,14)7-1-2-9(8(5-7)17(18)19)22(20,21)16-6-10(15)3-4-10/h1-2,5,16H,3-4,6,15H2. The molecule has 11 heteroatoms. The lowest BCUT2D eigenvalue weighted by Crippen LogP contribution is -2.39. The lowest BCUT2D eigenvalue weighted by atomic mass is 10.2. The highest BCUT2D eigenvalue weighted by molar-refractivity contribution is 7.89. The number of alkyl halides is 3. The second-order valence-corrected chi connectivity index (χ2v) is 6.86. The molecule has 0 heterocycles. The van der Waals surface area contributed by atoms with Crippen molar-refractivity contribution in [2.75, 3.05) is 6.54 Å². The Morgan fingerprint density at radius 2 is 1.95 bits per heavy atom. The van der Waals surface area contributed by atoms with E-state index in [0.29, 0.717) is 25.0 Å². The highest BCUT2D eigenvalue weighted by Gasteiger charge is 2.40. The fourth-order valence-corrected chi connectivity index (χ4v) is 3.01. The maximum atomic E-state index is 12.6. The minimum absolute atomic E-state index is 0.131. The predicted molar refractivity (Wildman–Crippen MR) is 69.4 cm³/mol. The average Bonchev–Trinajstić information content (AvgIpc) is 3.13. The van der Waals surface area contributed by atoms with Gasteiger partial charge in [0.1, 0.15) is 0 Å². The van der Waals surface area contributed by atoms with E-state index in [4.69, 9.17) is 5.73 Å². The Kier molecular flexibility index (Phi) is 3.92. The Labute approximate surface area is 123 Å². The first-order chi connectivity index (χ1) is 9.95. The number of nitro benzene ring substituents is 1. The van der Waals surface area contributed by atoms with Crippen LogP contribution >= 0.6 is 0 Å². The fraction of sp³-hybridized carbons (Fsp3) is 0.455. The molecular weight excluding hydrogens is 327 g/mol. The molecule has 1 fully saturated rings. The van der Waals surface area contributed by atoms with Crippen LogP contribution in [0.25, 0.3) is 0 Å². The number of halogens is 3. The second-order valence-electron chi connectivity index (χ2n) is 5.12. The van der Waals surface area contributed by atoms with Gasteiger partial charge in [-0.2, -0.15) is 13.2 Å². The summed E-state index contributed by atoms with van der Waals surface area (Å²) in [7, 11) is -4.33. The summed E-state index contributed by atoms with van der Waals surface area (Å²) in [6, 6.07) is 1.25. The van der Waals surface area contributed by atoms with Crippen molar-refractivity contribution in [3.8, 4) is 0 Å². The number of sulfonamides is 1. The largest absolute Gasteiger partial charge is 0.416 e. The van der Waals surface area contributed by atoms with Crippen molar-refractivity contribution in [3.05, 3.63) is 33.9 Å². The molecule has 0 unspecified atom stereocenters. The van der Waals surface area contributed by atoms with Gasteiger partial charge in [0.15, 0.2) is 4.90 Å². The second kappa shape index (κ2) is 5.18. The number of rotatable bonds is 5.